The molecular formula is C14H15BrNO3P. The van der Waals surface area contributed by atoms with E-state index in [4.69, 9.17) is 9.26 Å². The zero-order valence-corrected chi connectivity index (χ0v) is 13.6. The third-order valence-electron chi connectivity index (χ3n) is 2.52. The van der Waals surface area contributed by atoms with E-state index in [1.165, 1.54) is 0 Å². The van der Waals surface area contributed by atoms with E-state index in [0.29, 0.717) is 5.75 Å². The van der Waals surface area contributed by atoms with Crippen molar-refractivity contribution in [1.29, 1.82) is 0 Å². The minimum atomic E-state index is -2.98. The third kappa shape index (κ3) is 4.29. The van der Waals surface area contributed by atoms with Gasteiger partial charge in [-0.2, -0.15) is 0 Å². The van der Waals surface area contributed by atoms with Crippen molar-refractivity contribution >= 4 is 29.1 Å². The van der Waals surface area contributed by atoms with Crippen molar-refractivity contribution in [2.75, 3.05) is 18.9 Å². The summed E-state index contributed by atoms with van der Waals surface area (Å²) in [6, 6.07) is 14.4. The van der Waals surface area contributed by atoms with Crippen LogP contribution in [-0.4, -0.2) is 13.8 Å². The van der Waals surface area contributed by atoms with E-state index < -0.39 is 7.52 Å². The van der Waals surface area contributed by atoms with Gasteiger partial charge in [-0.05, 0) is 48.5 Å². The fourth-order valence-corrected chi connectivity index (χ4v) is 3.07. The molecule has 0 aliphatic heterocycles. The zero-order chi connectivity index (χ0) is 14.6. The summed E-state index contributed by atoms with van der Waals surface area (Å²) in [5.41, 5.74) is 0.743. The average molecular weight is 356 g/mol. The molecule has 20 heavy (non-hydrogen) atoms. The molecule has 0 saturated heterocycles. The summed E-state index contributed by atoms with van der Waals surface area (Å²) in [4.78, 5) is 0. The van der Waals surface area contributed by atoms with Crippen LogP contribution in [0.1, 0.15) is 0 Å². The summed E-state index contributed by atoms with van der Waals surface area (Å²) in [6.45, 7) is 1.54. The van der Waals surface area contributed by atoms with Crippen LogP contribution in [0.2, 0.25) is 0 Å². The molecule has 0 amide bonds. The lowest BCUT2D eigenvalue weighted by atomic mass is 10.3. The number of anilines is 1. The molecule has 0 radical (unpaired) electrons. The molecular weight excluding hydrogens is 341 g/mol. The molecule has 0 aliphatic carbocycles. The summed E-state index contributed by atoms with van der Waals surface area (Å²) in [5, 5.41) is 2.90. The highest BCUT2D eigenvalue weighted by atomic mass is 79.9. The van der Waals surface area contributed by atoms with Crippen LogP contribution in [0, 0.1) is 0 Å². The molecule has 6 heteroatoms. The minimum absolute atomic E-state index is 0.529. The number of halogens is 1. The van der Waals surface area contributed by atoms with Crippen molar-refractivity contribution in [1.82, 2.24) is 0 Å². The Bertz CT molecular complexity index is 613. The second-order valence-electron chi connectivity index (χ2n) is 4.23. The van der Waals surface area contributed by atoms with E-state index in [0.717, 1.165) is 15.9 Å². The van der Waals surface area contributed by atoms with Gasteiger partial charge in [0.05, 0.1) is 7.11 Å². The van der Waals surface area contributed by atoms with Gasteiger partial charge in [0.25, 0.3) is 0 Å². The molecule has 2 aromatic carbocycles. The Morgan fingerprint density at radius 1 is 1.00 bits per heavy atom. The second kappa shape index (κ2) is 6.33. The van der Waals surface area contributed by atoms with Crippen LogP contribution in [0.4, 0.5) is 5.69 Å². The van der Waals surface area contributed by atoms with Gasteiger partial charge in [-0.15, -0.1) is 0 Å². The van der Waals surface area contributed by atoms with Crippen molar-refractivity contribution in [3.63, 3.8) is 0 Å². The molecule has 0 aromatic heterocycles. The van der Waals surface area contributed by atoms with Gasteiger partial charge in [-0.25, -0.2) is 0 Å². The Morgan fingerprint density at radius 2 is 1.55 bits per heavy atom. The second-order valence-corrected chi connectivity index (χ2v) is 7.24. The highest BCUT2D eigenvalue weighted by Gasteiger charge is 2.17. The van der Waals surface area contributed by atoms with Gasteiger partial charge in [0.15, 0.2) is 0 Å². The Hall–Kier alpha value is -1.45. The standard InChI is InChI=1S/C14H15BrNO3P/c1-18-13-7-9-14(10-8-13)19-20(2,17)16-12-5-3-11(15)4-6-12/h3-10H,1-2H3,(H,16,17)/t20-/m1/s1. The Morgan fingerprint density at radius 3 is 2.10 bits per heavy atom. The molecule has 0 unspecified atom stereocenters. The Labute approximate surface area is 126 Å². The monoisotopic (exact) mass is 355 g/mol. The number of hydrogen-bond donors (Lipinski definition) is 1. The van der Waals surface area contributed by atoms with Gasteiger partial charge >= 0.3 is 7.52 Å². The van der Waals surface area contributed by atoms with Gasteiger partial charge in [-0.1, -0.05) is 15.9 Å². The van der Waals surface area contributed by atoms with Crippen molar-refractivity contribution in [3.05, 3.63) is 53.0 Å². The summed E-state index contributed by atoms with van der Waals surface area (Å²) in [7, 11) is -1.39. The topological polar surface area (TPSA) is 47.6 Å². The Balaban J connectivity index is 2.06. The quantitative estimate of drug-likeness (QED) is 0.784. The highest BCUT2D eigenvalue weighted by Crippen LogP contribution is 2.43. The van der Waals surface area contributed by atoms with Gasteiger partial charge in [0, 0.05) is 16.8 Å². The molecule has 0 bridgehead atoms. The van der Waals surface area contributed by atoms with Crippen molar-refractivity contribution in [3.8, 4) is 11.5 Å². The summed E-state index contributed by atoms with van der Waals surface area (Å²) >= 11 is 3.35. The number of methoxy groups -OCH3 is 1. The summed E-state index contributed by atoms with van der Waals surface area (Å²) < 4.78 is 24.0. The van der Waals surface area contributed by atoms with Gasteiger partial charge in [0.1, 0.15) is 11.5 Å². The average Bonchev–Trinajstić information content (AvgIpc) is 2.41. The molecule has 1 atom stereocenters. The maximum absolute atomic E-state index is 12.4. The molecule has 2 aromatic rings. The van der Waals surface area contributed by atoms with E-state index in [2.05, 4.69) is 21.0 Å². The molecule has 0 aliphatic rings. The van der Waals surface area contributed by atoms with E-state index in [-0.39, 0.29) is 0 Å². The first-order chi connectivity index (χ1) is 9.48. The fraction of sp³-hybridized carbons (Fsp3) is 0.143. The van der Waals surface area contributed by atoms with Crippen LogP contribution >= 0.6 is 23.4 Å². The maximum atomic E-state index is 12.4. The normalized spacial score (nSPS) is 13.3. The lowest BCUT2D eigenvalue weighted by molar-refractivity contribution is 0.413. The van der Waals surface area contributed by atoms with Crippen LogP contribution in [0.3, 0.4) is 0 Å². The molecule has 0 saturated carbocycles. The third-order valence-corrected chi connectivity index (χ3v) is 4.27. The SMILES string of the molecule is COc1ccc(O[P@@](C)(=O)Nc2ccc(Br)cc2)cc1. The van der Waals surface area contributed by atoms with Gasteiger partial charge in [0.2, 0.25) is 0 Å². The Kier molecular flexibility index (Phi) is 4.73. The predicted molar refractivity (Wildman–Crippen MR) is 84.9 cm³/mol. The number of rotatable bonds is 5. The number of hydrogen-bond acceptors (Lipinski definition) is 3. The van der Waals surface area contributed by atoms with Crippen LogP contribution in [0.15, 0.2) is 53.0 Å². The van der Waals surface area contributed by atoms with Crippen LogP contribution < -0.4 is 14.3 Å². The first kappa shape index (κ1) is 14.9. The van der Waals surface area contributed by atoms with Crippen LogP contribution in [0.5, 0.6) is 11.5 Å². The van der Waals surface area contributed by atoms with E-state index in [9.17, 15) is 4.57 Å². The molecule has 0 fully saturated rings. The smallest absolute Gasteiger partial charge is 0.338 e. The number of benzene rings is 2. The first-order valence-electron chi connectivity index (χ1n) is 5.93. The fourth-order valence-electron chi connectivity index (χ4n) is 1.62. The molecule has 0 heterocycles. The highest BCUT2D eigenvalue weighted by molar-refractivity contribution is 9.10. The number of ether oxygens (including phenoxy) is 1. The lowest BCUT2D eigenvalue weighted by Crippen LogP contribution is -2.02. The largest absolute Gasteiger partial charge is 0.497 e. The van der Waals surface area contributed by atoms with Crippen molar-refractivity contribution in [2.24, 2.45) is 0 Å². The van der Waals surface area contributed by atoms with Crippen LogP contribution in [-0.2, 0) is 4.57 Å². The molecule has 2 rings (SSSR count). The van der Waals surface area contributed by atoms with Crippen LogP contribution in [0.25, 0.3) is 0 Å². The predicted octanol–water partition coefficient (Wildman–Crippen LogP) is 4.77. The lowest BCUT2D eigenvalue weighted by Gasteiger charge is -2.17. The van der Waals surface area contributed by atoms with E-state index in [1.807, 2.05) is 24.3 Å². The first-order valence-corrected chi connectivity index (χ1v) is 8.80. The van der Waals surface area contributed by atoms with Gasteiger partial charge < -0.3 is 14.3 Å². The number of nitrogens with one attached hydrogen (secondary N) is 1. The van der Waals surface area contributed by atoms with E-state index >= 15 is 0 Å². The minimum Gasteiger partial charge on any atom is -0.497 e. The molecule has 1 N–H and O–H groups in total. The van der Waals surface area contributed by atoms with Gasteiger partial charge in [-0.3, -0.25) is 4.57 Å². The van der Waals surface area contributed by atoms with Crippen molar-refractivity contribution in [2.45, 2.75) is 0 Å². The summed E-state index contributed by atoms with van der Waals surface area (Å²) in [6.07, 6.45) is 0. The van der Waals surface area contributed by atoms with E-state index in [1.54, 1.807) is 38.0 Å². The molecule has 0 spiro atoms. The maximum Gasteiger partial charge on any atom is 0.338 e. The summed E-state index contributed by atoms with van der Waals surface area (Å²) in [5.74, 6) is 1.25. The molecule has 106 valence electrons. The zero-order valence-electron chi connectivity index (χ0n) is 11.2. The molecule has 4 nitrogen and oxygen atoms in total. The van der Waals surface area contributed by atoms with Crippen molar-refractivity contribution < 1.29 is 13.8 Å².